The Hall–Kier alpha value is -2.22. The fraction of sp³-hybridized carbons (Fsp3) is 0.412. The zero-order chi connectivity index (χ0) is 17.4. The van der Waals surface area contributed by atoms with Crippen molar-refractivity contribution in [3.8, 4) is 0 Å². The third-order valence-electron chi connectivity index (χ3n) is 4.23. The summed E-state index contributed by atoms with van der Waals surface area (Å²) < 4.78 is 0. The Morgan fingerprint density at radius 2 is 2.08 bits per heavy atom. The predicted octanol–water partition coefficient (Wildman–Crippen LogP) is 1.85. The van der Waals surface area contributed by atoms with Crippen LogP contribution >= 0.6 is 0 Å². The van der Waals surface area contributed by atoms with E-state index in [2.05, 4.69) is 31.8 Å². The molecule has 0 aliphatic carbocycles. The molecule has 0 saturated carbocycles. The maximum Gasteiger partial charge on any atom is 0.127 e. The summed E-state index contributed by atoms with van der Waals surface area (Å²) in [7, 11) is 2.02. The van der Waals surface area contributed by atoms with Gasteiger partial charge < -0.3 is 16.1 Å². The zero-order valence-electron chi connectivity index (χ0n) is 14.0. The average Bonchev–Trinajstić information content (AvgIpc) is 2.65. The number of nitrogens with one attached hydrogen (secondary N) is 1. The van der Waals surface area contributed by atoms with Crippen LogP contribution in [0, 0.1) is 0 Å². The summed E-state index contributed by atoms with van der Waals surface area (Å²) in [5.74, 6) is 5.17. The average molecular weight is 331 g/mol. The molecule has 0 bridgehead atoms. The third-order valence-corrected chi connectivity index (χ3v) is 4.23. The van der Waals surface area contributed by atoms with Gasteiger partial charge in [0.2, 0.25) is 0 Å². The van der Waals surface area contributed by atoms with Crippen molar-refractivity contribution >= 4 is 23.3 Å². The number of benzene rings is 1. The molecule has 7 heteroatoms. The second-order valence-corrected chi connectivity index (χ2v) is 5.70. The quantitative estimate of drug-likeness (QED) is 0.307. The Morgan fingerprint density at radius 3 is 2.62 bits per heavy atom. The van der Waals surface area contributed by atoms with Gasteiger partial charge in [-0.1, -0.05) is 18.7 Å². The predicted molar refractivity (Wildman–Crippen MR) is 97.5 cm³/mol. The molecule has 1 aliphatic rings. The van der Waals surface area contributed by atoms with Crippen LogP contribution in [0.1, 0.15) is 18.4 Å². The normalized spacial score (nSPS) is 16.8. The Bertz CT molecular complexity index is 590. The van der Waals surface area contributed by atoms with E-state index in [0.717, 1.165) is 42.9 Å². The summed E-state index contributed by atoms with van der Waals surface area (Å²) in [5.41, 5.74) is 3.24. The van der Waals surface area contributed by atoms with Crippen molar-refractivity contribution < 1.29 is 10.1 Å². The molecule has 130 valence electrons. The summed E-state index contributed by atoms with van der Waals surface area (Å²) in [6.07, 6.45) is 3.72. The number of likely N-dealkylation sites (tertiary alicyclic amines) is 1. The molecule has 1 aromatic carbocycles. The summed E-state index contributed by atoms with van der Waals surface area (Å²) in [6.45, 7) is 6.16. The maximum atomic E-state index is 8.40. The molecule has 24 heavy (non-hydrogen) atoms. The maximum absolute atomic E-state index is 8.40. The van der Waals surface area contributed by atoms with Gasteiger partial charge in [-0.25, -0.2) is 4.89 Å². The first-order valence-electron chi connectivity index (χ1n) is 7.96. The van der Waals surface area contributed by atoms with Crippen LogP contribution < -0.4 is 11.2 Å². The van der Waals surface area contributed by atoms with Gasteiger partial charge >= 0.3 is 0 Å². The molecule has 0 spiro atoms. The van der Waals surface area contributed by atoms with Crippen LogP contribution in [0.4, 0.5) is 5.69 Å². The van der Waals surface area contributed by atoms with Gasteiger partial charge in [0.15, 0.2) is 0 Å². The van der Waals surface area contributed by atoms with E-state index in [4.69, 9.17) is 11.1 Å². The molecular weight excluding hydrogens is 306 g/mol. The number of aliphatic imine (C=N–C) groups is 1. The van der Waals surface area contributed by atoms with Gasteiger partial charge in [-0.2, -0.15) is 5.10 Å². The monoisotopic (exact) mass is 331 g/mol. The summed E-state index contributed by atoms with van der Waals surface area (Å²) in [5, 5.41) is 15.2. The van der Waals surface area contributed by atoms with Crippen molar-refractivity contribution in [2.75, 3.05) is 26.7 Å². The molecule has 0 radical (unpaired) electrons. The molecule has 0 atom stereocenters. The van der Waals surface area contributed by atoms with E-state index in [-0.39, 0.29) is 6.61 Å². The minimum absolute atomic E-state index is 0.0997. The molecule has 0 amide bonds. The van der Waals surface area contributed by atoms with Gasteiger partial charge in [0.25, 0.3) is 0 Å². The van der Waals surface area contributed by atoms with Crippen LogP contribution in [0.2, 0.25) is 0 Å². The van der Waals surface area contributed by atoms with Crippen molar-refractivity contribution in [3.05, 3.63) is 36.4 Å². The first-order valence-corrected chi connectivity index (χ1v) is 7.96. The Kier molecular flexibility index (Phi) is 6.92. The molecule has 2 rings (SSSR count). The second kappa shape index (κ2) is 9.17. The van der Waals surface area contributed by atoms with Crippen LogP contribution in [0.25, 0.3) is 5.70 Å². The van der Waals surface area contributed by atoms with Crippen molar-refractivity contribution in [2.45, 2.75) is 18.9 Å². The lowest BCUT2D eigenvalue weighted by atomic mass is 10.0. The SMILES string of the molecule is C=C(c1ccc(N=CC(COO)=NN)cc1)N1CCC(NC)CC1. The summed E-state index contributed by atoms with van der Waals surface area (Å²) in [6, 6.07) is 8.42. The van der Waals surface area contributed by atoms with E-state index < -0.39 is 0 Å². The Balaban J connectivity index is 1.96. The highest BCUT2D eigenvalue weighted by Gasteiger charge is 2.19. The highest BCUT2D eigenvalue weighted by molar-refractivity contribution is 6.31. The molecule has 7 nitrogen and oxygen atoms in total. The number of hydrazone groups is 1. The minimum atomic E-state index is -0.0997. The standard InChI is InChI=1S/C17H25N5O2/c1-13(22-9-7-15(19-2)8-10-22)14-3-5-16(6-4-14)20-11-17(21-18)12-24-23/h3-6,11,15,19,23H,1,7-10,12,18H2,2H3. The van der Waals surface area contributed by atoms with Gasteiger partial charge in [-0.3, -0.25) is 10.2 Å². The number of hydrogen-bond acceptors (Lipinski definition) is 7. The Morgan fingerprint density at radius 1 is 1.42 bits per heavy atom. The smallest absolute Gasteiger partial charge is 0.127 e. The Labute approximate surface area is 142 Å². The van der Waals surface area contributed by atoms with Gasteiger partial charge in [0.05, 0.1) is 11.9 Å². The topological polar surface area (TPSA) is 95.5 Å². The lowest BCUT2D eigenvalue weighted by molar-refractivity contribution is -0.227. The fourth-order valence-electron chi connectivity index (χ4n) is 2.68. The van der Waals surface area contributed by atoms with Crippen molar-refractivity contribution in [1.82, 2.24) is 10.2 Å². The lowest BCUT2D eigenvalue weighted by Crippen LogP contribution is -2.40. The van der Waals surface area contributed by atoms with Crippen LogP contribution in [0.5, 0.6) is 0 Å². The molecule has 4 N–H and O–H groups in total. The van der Waals surface area contributed by atoms with E-state index in [9.17, 15) is 0 Å². The van der Waals surface area contributed by atoms with Crippen molar-refractivity contribution in [3.63, 3.8) is 0 Å². The van der Waals surface area contributed by atoms with E-state index in [1.165, 1.54) is 6.21 Å². The van der Waals surface area contributed by atoms with Gasteiger partial charge in [0, 0.05) is 24.8 Å². The summed E-state index contributed by atoms with van der Waals surface area (Å²) >= 11 is 0. The van der Waals surface area contributed by atoms with E-state index in [0.29, 0.717) is 11.8 Å². The first-order chi connectivity index (χ1) is 11.7. The minimum Gasteiger partial charge on any atom is -0.371 e. The van der Waals surface area contributed by atoms with Crippen LogP contribution in [-0.2, 0) is 4.89 Å². The van der Waals surface area contributed by atoms with E-state index >= 15 is 0 Å². The van der Waals surface area contributed by atoms with Gasteiger partial charge in [-0.15, -0.1) is 0 Å². The molecular formula is C17H25N5O2. The lowest BCUT2D eigenvalue weighted by Gasteiger charge is -2.34. The fourth-order valence-corrected chi connectivity index (χ4v) is 2.68. The number of nitrogens with two attached hydrogens (primary N) is 1. The number of rotatable bonds is 7. The van der Waals surface area contributed by atoms with Crippen LogP contribution in [0.3, 0.4) is 0 Å². The molecule has 1 fully saturated rings. The zero-order valence-corrected chi connectivity index (χ0v) is 14.0. The molecule has 0 unspecified atom stereocenters. The molecule has 1 saturated heterocycles. The van der Waals surface area contributed by atoms with Crippen LogP contribution in [-0.4, -0.2) is 54.9 Å². The van der Waals surface area contributed by atoms with Crippen molar-refractivity contribution in [1.29, 1.82) is 0 Å². The number of nitrogens with zero attached hydrogens (tertiary/aromatic N) is 3. The van der Waals surface area contributed by atoms with Gasteiger partial charge in [0.1, 0.15) is 12.3 Å². The second-order valence-electron chi connectivity index (χ2n) is 5.70. The number of hydrogen-bond donors (Lipinski definition) is 3. The first kappa shape index (κ1) is 18.1. The highest BCUT2D eigenvalue weighted by atomic mass is 17.1. The van der Waals surface area contributed by atoms with E-state index in [1.54, 1.807) is 0 Å². The number of piperidine rings is 1. The van der Waals surface area contributed by atoms with Crippen molar-refractivity contribution in [2.24, 2.45) is 15.9 Å². The third kappa shape index (κ3) is 4.89. The highest BCUT2D eigenvalue weighted by Crippen LogP contribution is 2.24. The molecule has 1 aromatic rings. The molecule has 0 aromatic heterocycles. The largest absolute Gasteiger partial charge is 0.371 e. The molecule has 1 heterocycles. The van der Waals surface area contributed by atoms with E-state index in [1.807, 2.05) is 31.3 Å². The summed E-state index contributed by atoms with van der Waals surface area (Å²) in [4.78, 5) is 10.6. The van der Waals surface area contributed by atoms with Gasteiger partial charge in [-0.05, 0) is 37.6 Å². The van der Waals surface area contributed by atoms with Crippen LogP contribution in [0.15, 0.2) is 40.9 Å². The molecule has 1 aliphatic heterocycles.